The van der Waals surface area contributed by atoms with Crippen LogP contribution in [0.25, 0.3) is 0 Å². The molecule has 0 aliphatic carbocycles. The predicted molar refractivity (Wildman–Crippen MR) is 76.7 cm³/mol. The zero-order valence-electron chi connectivity index (χ0n) is 12.7. The molecule has 7 heteroatoms. The third kappa shape index (κ3) is 3.60. The van der Waals surface area contributed by atoms with Crippen LogP contribution in [0.15, 0.2) is 12.4 Å². The summed E-state index contributed by atoms with van der Waals surface area (Å²) in [6.07, 6.45) is 2.66. The minimum atomic E-state index is -0.495. The molecule has 0 radical (unpaired) electrons. The number of rotatable bonds is 2. The van der Waals surface area contributed by atoms with Gasteiger partial charge in [-0.25, -0.2) is 14.8 Å². The predicted octanol–water partition coefficient (Wildman–Crippen LogP) is 1.40. The van der Waals surface area contributed by atoms with Crippen molar-refractivity contribution in [2.24, 2.45) is 0 Å². The van der Waals surface area contributed by atoms with Crippen LogP contribution < -0.4 is 4.90 Å². The Labute approximate surface area is 124 Å². The second-order valence-electron chi connectivity index (χ2n) is 6.03. The summed E-state index contributed by atoms with van der Waals surface area (Å²) in [6.45, 7) is 6.84. The summed E-state index contributed by atoms with van der Waals surface area (Å²) >= 11 is 0. The molecule has 1 aliphatic rings. The first-order chi connectivity index (χ1) is 9.80. The minimum Gasteiger partial charge on any atom is -0.444 e. The fraction of sp³-hybridized carbons (Fsp3) is 0.571. The van der Waals surface area contributed by atoms with Gasteiger partial charge in [0.2, 0.25) is 5.95 Å². The zero-order chi connectivity index (χ0) is 15.6. The molecule has 2 rings (SSSR count). The van der Waals surface area contributed by atoms with Crippen molar-refractivity contribution in [3.63, 3.8) is 0 Å². The van der Waals surface area contributed by atoms with Crippen molar-refractivity contribution in [3.05, 3.63) is 18.0 Å². The summed E-state index contributed by atoms with van der Waals surface area (Å²) in [6, 6.07) is 2.06. The van der Waals surface area contributed by atoms with Crippen LogP contribution in [0.1, 0.15) is 26.3 Å². The molecule has 0 aromatic carbocycles. The average Bonchev–Trinajstić information content (AvgIpc) is 2.35. The monoisotopic (exact) mass is 289 g/mol. The lowest BCUT2D eigenvalue weighted by molar-refractivity contribution is 0.0196. The number of ether oxygens (including phenoxy) is 1. The van der Waals surface area contributed by atoms with Crippen LogP contribution in [0.2, 0.25) is 0 Å². The SMILES string of the molecule is CN(C(=O)OC(C)(C)C)C1CN(c2ncc(C#N)cn2)C1. The highest BCUT2D eigenvalue weighted by molar-refractivity contribution is 5.68. The van der Waals surface area contributed by atoms with Crippen LogP contribution in [-0.4, -0.2) is 52.7 Å². The van der Waals surface area contributed by atoms with E-state index in [-0.39, 0.29) is 12.1 Å². The number of carbonyl (C=O) groups is 1. The van der Waals surface area contributed by atoms with Gasteiger partial charge in [-0.1, -0.05) is 0 Å². The van der Waals surface area contributed by atoms with E-state index in [4.69, 9.17) is 10.00 Å². The number of anilines is 1. The highest BCUT2D eigenvalue weighted by Gasteiger charge is 2.35. The molecule has 0 bridgehead atoms. The Morgan fingerprint density at radius 2 is 2.00 bits per heavy atom. The van der Waals surface area contributed by atoms with E-state index in [0.717, 1.165) is 0 Å². The molecule has 21 heavy (non-hydrogen) atoms. The van der Waals surface area contributed by atoms with Crippen LogP contribution in [0.3, 0.4) is 0 Å². The largest absolute Gasteiger partial charge is 0.444 e. The van der Waals surface area contributed by atoms with Gasteiger partial charge in [0.05, 0.1) is 24.0 Å². The number of carbonyl (C=O) groups excluding carboxylic acids is 1. The lowest BCUT2D eigenvalue weighted by atomic mass is 10.1. The van der Waals surface area contributed by atoms with E-state index in [9.17, 15) is 4.79 Å². The van der Waals surface area contributed by atoms with E-state index in [1.807, 2.05) is 31.7 Å². The van der Waals surface area contributed by atoms with E-state index in [0.29, 0.717) is 24.6 Å². The molecule has 0 spiro atoms. The van der Waals surface area contributed by atoms with Gasteiger partial charge >= 0.3 is 6.09 Å². The quantitative estimate of drug-likeness (QED) is 0.818. The lowest BCUT2D eigenvalue weighted by Crippen LogP contribution is -2.60. The van der Waals surface area contributed by atoms with Crippen molar-refractivity contribution in [3.8, 4) is 6.07 Å². The molecule has 1 amide bonds. The average molecular weight is 289 g/mol. The van der Waals surface area contributed by atoms with Gasteiger partial charge in [0.25, 0.3) is 0 Å². The molecule has 0 saturated carbocycles. The highest BCUT2D eigenvalue weighted by atomic mass is 16.6. The summed E-state index contributed by atoms with van der Waals surface area (Å²) in [5.74, 6) is 0.572. The summed E-state index contributed by atoms with van der Waals surface area (Å²) in [4.78, 5) is 23.7. The first-order valence-electron chi connectivity index (χ1n) is 6.73. The van der Waals surface area contributed by atoms with E-state index in [2.05, 4.69) is 9.97 Å². The first kappa shape index (κ1) is 15.0. The molecule has 1 aliphatic heterocycles. The van der Waals surface area contributed by atoms with Crippen LogP contribution in [0.4, 0.5) is 10.7 Å². The molecule has 1 fully saturated rings. The van der Waals surface area contributed by atoms with E-state index >= 15 is 0 Å². The van der Waals surface area contributed by atoms with E-state index < -0.39 is 5.60 Å². The fourth-order valence-corrected chi connectivity index (χ4v) is 1.89. The molecule has 1 aromatic heterocycles. The van der Waals surface area contributed by atoms with Crippen molar-refractivity contribution >= 4 is 12.0 Å². The third-order valence-corrected chi connectivity index (χ3v) is 3.14. The fourth-order valence-electron chi connectivity index (χ4n) is 1.89. The van der Waals surface area contributed by atoms with Gasteiger partial charge in [-0.2, -0.15) is 5.26 Å². The van der Waals surface area contributed by atoms with Gasteiger partial charge in [0, 0.05) is 20.1 Å². The molecule has 7 nitrogen and oxygen atoms in total. The number of likely N-dealkylation sites (N-methyl/N-ethyl adjacent to an activating group) is 1. The Morgan fingerprint density at radius 1 is 1.43 bits per heavy atom. The Kier molecular flexibility index (Phi) is 3.98. The number of amides is 1. The number of aromatic nitrogens is 2. The van der Waals surface area contributed by atoms with Gasteiger partial charge in [0.1, 0.15) is 11.7 Å². The van der Waals surface area contributed by atoms with Gasteiger partial charge in [-0.05, 0) is 20.8 Å². The Balaban J connectivity index is 1.88. The summed E-state index contributed by atoms with van der Waals surface area (Å²) in [7, 11) is 1.73. The molecule has 0 atom stereocenters. The molecule has 1 saturated heterocycles. The molecular weight excluding hydrogens is 270 g/mol. The Hall–Kier alpha value is -2.36. The van der Waals surface area contributed by atoms with Crippen LogP contribution in [0, 0.1) is 11.3 Å². The summed E-state index contributed by atoms with van der Waals surface area (Å²) in [5, 5.41) is 8.71. The highest BCUT2D eigenvalue weighted by Crippen LogP contribution is 2.20. The Bertz CT molecular complexity index is 552. The lowest BCUT2D eigenvalue weighted by Gasteiger charge is -2.43. The molecule has 1 aromatic rings. The molecular formula is C14H19N5O2. The number of nitriles is 1. The molecule has 2 heterocycles. The van der Waals surface area contributed by atoms with Crippen molar-refractivity contribution in [2.75, 3.05) is 25.0 Å². The number of hydrogen-bond acceptors (Lipinski definition) is 6. The molecule has 0 unspecified atom stereocenters. The van der Waals surface area contributed by atoms with E-state index in [1.165, 1.54) is 12.4 Å². The maximum Gasteiger partial charge on any atom is 0.410 e. The second kappa shape index (κ2) is 5.56. The third-order valence-electron chi connectivity index (χ3n) is 3.14. The standard InChI is InChI=1S/C14H19N5O2/c1-14(2,3)21-13(20)18(4)11-8-19(9-11)12-16-6-10(5-15)7-17-12/h6-7,11H,8-9H2,1-4H3. The van der Waals surface area contributed by atoms with Crippen molar-refractivity contribution in [1.82, 2.24) is 14.9 Å². The normalized spacial score (nSPS) is 15.1. The summed E-state index contributed by atoms with van der Waals surface area (Å²) < 4.78 is 5.33. The second-order valence-corrected chi connectivity index (χ2v) is 6.03. The Morgan fingerprint density at radius 3 is 2.48 bits per heavy atom. The van der Waals surface area contributed by atoms with E-state index in [1.54, 1.807) is 11.9 Å². The van der Waals surface area contributed by atoms with Crippen LogP contribution in [0.5, 0.6) is 0 Å². The summed E-state index contributed by atoms with van der Waals surface area (Å²) in [5.41, 5.74) is -0.0629. The van der Waals surface area contributed by atoms with Crippen LogP contribution >= 0.6 is 0 Å². The maximum atomic E-state index is 11.9. The van der Waals surface area contributed by atoms with Gasteiger partial charge in [-0.3, -0.25) is 0 Å². The topological polar surface area (TPSA) is 82.4 Å². The zero-order valence-corrected chi connectivity index (χ0v) is 12.7. The smallest absolute Gasteiger partial charge is 0.410 e. The molecule has 112 valence electrons. The maximum absolute atomic E-state index is 11.9. The first-order valence-corrected chi connectivity index (χ1v) is 6.73. The van der Waals surface area contributed by atoms with Gasteiger partial charge in [-0.15, -0.1) is 0 Å². The minimum absolute atomic E-state index is 0.0825. The van der Waals surface area contributed by atoms with Gasteiger partial charge < -0.3 is 14.5 Å². The van der Waals surface area contributed by atoms with Gasteiger partial charge in [0.15, 0.2) is 0 Å². The van der Waals surface area contributed by atoms with Crippen molar-refractivity contribution in [1.29, 1.82) is 5.26 Å². The molecule has 0 N–H and O–H groups in total. The number of nitrogens with zero attached hydrogens (tertiary/aromatic N) is 5. The number of hydrogen-bond donors (Lipinski definition) is 0. The van der Waals surface area contributed by atoms with Crippen molar-refractivity contribution in [2.45, 2.75) is 32.4 Å². The van der Waals surface area contributed by atoms with Crippen molar-refractivity contribution < 1.29 is 9.53 Å². The van der Waals surface area contributed by atoms with Crippen LogP contribution in [-0.2, 0) is 4.74 Å².